The molecule has 0 spiro atoms. The molecule has 0 aliphatic carbocycles. The molecule has 10 heteroatoms. The monoisotopic (exact) mass is 447 g/mol. The molecule has 0 unspecified atom stereocenters. The Kier molecular flexibility index (Phi) is 5.86. The highest BCUT2D eigenvalue weighted by atomic mass is 32.1. The van der Waals surface area contributed by atoms with Crippen LogP contribution in [0.25, 0.3) is 21.3 Å². The molecule has 1 amide bonds. The normalized spacial score (nSPS) is 11.2. The van der Waals surface area contributed by atoms with Gasteiger partial charge in [0.05, 0.1) is 22.9 Å². The summed E-state index contributed by atoms with van der Waals surface area (Å²) in [5.74, 6) is -0.525. The minimum Gasteiger partial charge on any atom is -0.289 e. The molecular weight excluding hydrogens is 430 g/mol. The Labute approximate surface area is 185 Å². The average Bonchev–Trinajstić information content (AvgIpc) is 3.13. The van der Waals surface area contributed by atoms with Gasteiger partial charge in [0.2, 0.25) is 0 Å². The number of amides is 1. The van der Waals surface area contributed by atoms with E-state index in [1.165, 1.54) is 46.6 Å². The number of aromatic nitrogens is 2. The molecule has 160 valence electrons. The van der Waals surface area contributed by atoms with Crippen LogP contribution in [0, 0.1) is 17.0 Å². The van der Waals surface area contributed by atoms with Gasteiger partial charge >= 0.3 is 0 Å². The topological polar surface area (TPSA) is 119 Å². The van der Waals surface area contributed by atoms with Crippen LogP contribution in [0.5, 0.6) is 0 Å². The highest BCUT2D eigenvalue weighted by Gasteiger charge is 2.17. The van der Waals surface area contributed by atoms with Crippen molar-refractivity contribution in [2.45, 2.75) is 13.5 Å². The summed E-state index contributed by atoms with van der Waals surface area (Å²) in [7, 11) is 0. The van der Waals surface area contributed by atoms with Crippen LogP contribution < -0.4 is 11.0 Å². The van der Waals surface area contributed by atoms with Crippen molar-refractivity contribution >= 4 is 39.4 Å². The summed E-state index contributed by atoms with van der Waals surface area (Å²) in [6, 6.07) is 15.4. The van der Waals surface area contributed by atoms with Gasteiger partial charge in [-0.25, -0.2) is 10.4 Å². The number of aryl methyl sites for hydroxylation is 1. The van der Waals surface area contributed by atoms with Crippen molar-refractivity contribution in [2.24, 2.45) is 5.10 Å². The predicted molar refractivity (Wildman–Crippen MR) is 123 cm³/mol. The van der Waals surface area contributed by atoms with Crippen molar-refractivity contribution in [1.29, 1.82) is 0 Å². The molecule has 4 aromatic rings. The number of nitrogens with zero attached hydrogens (tertiary/aromatic N) is 4. The smallest absolute Gasteiger partial charge is 0.270 e. The van der Waals surface area contributed by atoms with Crippen LogP contribution in [0.4, 0.5) is 5.69 Å². The molecule has 2 aromatic carbocycles. The van der Waals surface area contributed by atoms with Crippen LogP contribution in [0.15, 0.2) is 70.8 Å². The summed E-state index contributed by atoms with van der Waals surface area (Å²) in [5, 5.41) is 15.1. The van der Waals surface area contributed by atoms with Gasteiger partial charge in [-0.05, 0) is 12.5 Å². The van der Waals surface area contributed by atoms with Gasteiger partial charge in [-0.2, -0.15) is 5.10 Å². The van der Waals surface area contributed by atoms with E-state index in [1.807, 2.05) is 37.3 Å². The summed E-state index contributed by atoms with van der Waals surface area (Å²) >= 11 is 1.43. The fourth-order valence-electron chi connectivity index (χ4n) is 3.29. The summed E-state index contributed by atoms with van der Waals surface area (Å²) in [6.45, 7) is 1.67. The molecule has 32 heavy (non-hydrogen) atoms. The number of nitro groups is 1. The number of hydrazone groups is 1. The first-order valence-corrected chi connectivity index (χ1v) is 10.4. The second-order valence-electron chi connectivity index (χ2n) is 6.90. The zero-order valence-electron chi connectivity index (χ0n) is 16.9. The molecular formula is C22H17N5O4S. The van der Waals surface area contributed by atoms with Crippen molar-refractivity contribution in [1.82, 2.24) is 15.0 Å². The average molecular weight is 447 g/mol. The lowest BCUT2D eigenvalue weighted by Crippen LogP contribution is -2.30. The highest BCUT2D eigenvalue weighted by molar-refractivity contribution is 7.19. The van der Waals surface area contributed by atoms with E-state index >= 15 is 0 Å². The molecule has 2 aromatic heterocycles. The number of hydrogen-bond donors (Lipinski definition) is 1. The number of fused-ring (bicyclic) bond motifs is 1. The van der Waals surface area contributed by atoms with Crippen LogP contribution in [-0.4, -0.2) is 26.6 Å². The van der Waals surface area contributed by atoms with E-state index in [9.17, 15) is 19.7 Å². The highest BCUT2D eigenvalue weighted by Crippen LogP contribution is 2.35. The lowest BCUT2D eigenvalue weighted by atomic mass is 10.0. The van der Waals surface area contributed by atoms with Gasteiger partial charge < -0.3 is 0 Å². The maximum Gasteiger partial charge on any atom is 0.270 e. The van der Waals surface area contributed by atoms with Crippen LogP contribution in [-0.2, 0) is 11.3 Å². The van der Waals surface area contributed by atoms with E-state index in [1.54, 1.807) is 6.07 Å². The Hall–Kier alpha value is -4.18. The predicted octanol–water partition coefficient (Wildman–Crippen LogP) is 3.49. The first-order chi connectivity index (χ1) is 15.4. The SMILES string of the molecule is Cc1sc2ncn(CC(=O)N/N=C\c3cccc([N+](=O)[O-])c3)c(=O)c2c1-c1ccccc1. The Morgan fingerprint density at radius 1 is 1.25 bits per heavy atom. The quantitative estimate of drug-likeness (QED) is 0.276. The molecule has 2 heterocycles. The molecule has 0 aliphatic heterocycles. The standard InChI is InChI=1S/C22H17N5O4S/c1-14-19(16-7-3-2-4-8-16)20-21(32-14)23-13-26(22(20)29)12-18(28)25-24-11-15-6-5-9-17(10-15)27(30)31/h2-11,13H,12H2,1H3,(H,25,28)/b24-11-. The minimum absolute atomic E-state index is 0.0773. The summed E-state index contributed by atoms with van der Waals surface area (Å²) in [5.41, 5.74) is 4.14. The molecule has 0 aliphatic rings. The molecule has 4 rings (SSSR count). The molecule has 0 fully saturated rings. The van der Waals surface area contributed by atoms with E-state index in [0.29, 0.717) is 15.8 Å². The van der Waals surface area contributed by atoms with Crippen molar-refractivity contribution in [3.05, 3.63) is 91.8 Å². The molecule has 9 nitrogen and oxygen atoms in total. The Morgan fingerprint density at radius 3 is 2.78 bits per heavy atom. The number of nitrogens with one attached hydrogen (secondary N) is 1. The molecule has 0 saturated carbocycles. The molecule has 0 atom stereocenters. The zero-order valence-corrected chi connectivity index (χ0v) is 17.7. The number of carbonyl (C=O) groups is 1. The Morgan fingerprint density at radius 2 is 2.03 bits per heavy atom. The number of hydrogen-bond acceptors (Lipinski definition) is 7. The first kappa shape index (κ1) is 21.1. The fourth-order valence-corrected chi connectivity index (χ4v) is 4.29. The van der Waals surface area contributed by atoms with E-state index in [-0.39, 0.29) is 17.8 Å². The second-order valence-corrected chi connectivity index (χ2v) is 8.11. The lowest BCUT2D eigenvalue weighted by molar-refractivity contribution is -0.384. The van der Waals surface area contributed by atoms with Gasteiger partial charge in [0.25, 0.3) is 17.2 Å². The van der Waals surface area contributed by atoms with Gasteiger partial charge in [-0.15, -0.1) is 11.3 Å². The van der Waals surface area contributed by atoms with Crippen LogP contribution in [0.1, 0.15) is 10.4 Å². The summed E-state index contributed by atoms with van der Waals surface area (Å²) in [4.78, 5) is 41.7. The maximum absolute atomic E-state index is 13.1. The summed E-state index contributed by atoms with van der Waals surface area (Å²) in [6.07, 6.45) is 2.64. The van der Waals surface area contributed by atoms with Crippen molar-refractivity contribution in [3.63, 3.8) is 0 Å². The third-order valence-electron chi connectivity index (χ3n) is 4.72. The van der Waals surface area contributed by atoms with Gasteiger partial charge in [0.1, 0.15) is 11.4 Å². The third kappa shape index (κ3) is 4.30. The van der Waals surface area contributed by atoms with Crippen molar-refractivity contribution in [3.8, 4) is 11.1 Å². The Bertz CT molecular complexity index is 1410. The van der Waals surface area contributed by atoms with E-state index < -0.39 is 10.8 Å². The fraction of sp³-hybridized carbons (Fsp3) is 0.0909. The number of thiophene rings is 1. The minimum atomic E-state index is -0.525. The van der Waals surface area contributed by atoms with Crippen molar-refractivity contribution < 1.29 is 9.72 Å². The molecule has 0 bridgehead atoms. The number of non-ortho nitro benzene ring substituents is 1. The molecule has 0 saturated heterocycles. The second kappa shape index (κ2) is 8.90. The van der Waals surface area contributed by atoms with E-state index in [2.05, 4.69) is 15.5 Å². The van der Waals surface area contributed by atoms with Gasteiger partial charge in [-0.1, -0.05) is 42.5 Å². The number of benzene rings is 2. The van der Waals surface area contributed by atoms with Gasteiger partial charge in [-0.3, -0.25) is 24.3 Å². The number of rotatable bonds is 6. The zero-order chi connectivity index (χ0) is 22.7. The van der Waals surface area contributed by atoms with Gasteiger partial charge in [0, 0.05) is 28.1 Å². The van der Waals surface area contributed by atoms with Crippen molar-refractivity contribution in [2.75, 3.05) is 0 Å². The van der Waals surface area contributed by atoms with Crippen LogP contribution in [0.3, 0.4) is 0 Å². The number of carbonyl (C=O) groups excluding carboxylic acids is 1. The third-order valence-corrected chi connectivity index (χ3v) is 5.73. The number of nitro benzene ring substituents is 1. The molecule has 0 radical (unpaired) electrons. The molecule has 1 N–H and O–H groups in total. The van der Waals surface area contributed by atoms with E-state index in [0.717, 1.165) is 16.0 Å². The largest absolute Gasteiger partial charge is 0.289 e. The maximum atomic E-state index is 13.1. The van der Waals surface area contributed by atoms with Crippen LogP contribution >= 0.6 is 11.3 Å². The van der Waals surface area contributed by atoms with Gasteiger partial charge in [0.15, 0.2) is 0 Å². The Balaban J connectivity index is 1.55. The summed E-state index contributed by atoms with van der Waals surface area (Å²) < 4.78 is 1.24. The first-order valence-electron chi connectivity index (χ1n) is 9.54. The van der Waals surface area contributed by atoms with E-state index in [4.69, 9.17) is 0 Å². The van der Waals surface area contributed by atoms with Crippen LogP contribution in [0.2, 0.25) is 0 Å². The lowest BCUT2D eigenvalue weighted by Gasteiger charge is -2.06.